The first-order valence-electron chi connectivity index (χ1n) is 6.09. The highest BCUT2D eigenvalue weighted by Crippen LogP contribution is 2.20. The maximum absolute atomic E-state index is 4.94. The summed E-state index contributed by atoms with van der Waals surface area (Å²) >= 11 is 0. The second-order valence-electron chi connectivity index (χ2n) is 4.65. The zero-order valence-corrected chi connectivity index (χ0v) is 9.72. The third-order valence-electron chi connectivity index (χ3n) is 3.15. The van der Waals surface area contributed by atoms with Gasteiger partial charge < -0.3 is 10.1 Å². The van der Waals surface area contributed by atoms with Crippen molar-refractivity contribution in [1.82, 2.24) is 5.32 Å². The first-order chi connectivity index (χ1) is 6.80. The van der Waals surface area contributed by atoms with Gasteiger partial charge in [0, 0.05) is 13.2 Å². The second-order valence-corrected chi connectivity index (χ2v) is 4.65. The van der Waals surface area contributed by atoms with Crippen LogP contribution in [0.4, 0.5) is 0 Å². The molecule has 0 radical (unpaired) electrons. The van der Waals surface area contributed by atoms with E-state index in [2.05, 4.69) is 19.2 Å². The van der Waals surface area contributed by atoms with Gasteiger partial charge >= 0.3 is 0 Å². The smallest absolute Gasteiger partial charge is 0.0466 e. The second kappa shape index (κ2) is 7.24. The summed E-state index contributed by atoms with van der Waals surface area (Å²) < 4.78 is 4.94. The Morgan fingerprint density at radius 1 is 1.07 bits per heavy atom. The summed E-state index contributed by atoms with van der Waals surface area (Å²) in [5.74, 6) is 1.89. The van der Waals surface area contributed by atoms with Gasteiger partial charge in [0.15, 0.2) is 0 Å². The van der Waals surface area contributed by atoms with Crippen LogP contribution in [0.1, 0.15) is 39.5 Å². The zero-order chi connectivity index (χ0) is 10.2. The molecule has 2 fully saturated rings. The normalized spacial score (nSPS) is 23.4. The van der Waals surface area contributed by atoms with E-state index in [1.807, 2.05) is 0 Å². The highest BCUT2D eigenvalue weighted by atomic mass is 16.5. The number of ether oxygens (including phenoxy) is 1. The molecule has 2 aliphatic heterocycles. The summed E-state index contributed by atoms with van der Waals surface area (Å²) in [6.07, 6.45) is 5.33. The van der Waals surface area contributed by atoms with E-state index in [1.165, 1.54) is 38.8 Å². The molecule has 14 heavy (non-hydrogen) atoms. The Bertz CT molecular complexity index is 119. The van der Waals surface area contributed by atoms with Crippen molar-refractivity contribution in [2.45, 2.75) is 39.5 Å². The predicted octanol–water partition coefficient (Wildman–Crippen LogP) is 2.44. The lowest BCUT2D eigenvalue weighted by molar-refractivity contribution is 0.198. The van der Waals surface area contributed by atoms with Gasteiger partial charge in [0.05, 0.1) is 0 Å². The van der Waals surface area contributed by atoms with Crippen LogP contribution in [-0.2, 0) is 4.74 Å². The van der Waals surface area contributed by atoms with E-state index in [9.17, 15) is 0 Å². The lowest BCUT2D eigenvalue weighted by atomic mass is 9.87. The maximum Gasteiger partial charge on any atom is 0.0466 e. The van der Waals surface area contributed by atoms with Crippen molar-refractivity contribution in [2.75, 3.05) is 26.3 Å². The molecule has 0 spiro atoms. The Morgan fingerprint density at radius 3 is 1.93 bits per heavy atom. The Balaban J connectivity index is 0.000000165. The molecule has 0 bridgehead atoms. The van der Waals surface area contributed by atoms with Crippen molar-refractivity contribution in [1.29, 1.82) is 0 Å². The van der Waals surface area contributed by atoms with Crippen molar-refractivity contribution in [3.63, 3.8) is 0 Å². The highest BCUT2D eigenvalue weighted by molar-refractivity contribution is 4.70. The van der Waals surface area contributed by atoms with Crippen LogP contribution < -0.4 is 5.32 Å². The third-order valence-corrected chi connectivity index (χ3v) is 3.15. The van der Waals surface area contributed by atoms with Crippen LogP contribution in [-0.4, -0.2) is 26.3 Å². The van der Waals surface area contributed by atoms with Crippen LogP contribution in [0.15, 0.2) is 0 Å². The summed E-state index contributed by atoms with van der Waals surface area (Å²) in [5, 5.41) is 3.37. The molecule has 2 saturated heterocycles. The monoisotopic (exact) mass is 199 g/mol. The van der Waals surface area contributed by atoms with Crippen molar-refractivity contribution >= 4 is 0 Å². The Morgan fingerprint density at radius 2 is 1.64 bits per heavy atom. The number of hydrogen-bond donors (Lipinski definition) is 1. The number of rotatable bonds is 1. The molecule has 0 unspecified atom stereocenters. The first-order valence-corrected chi connectivity index (χ1v) is 6.09. The fourth-order valence-corrected chi connectivity index (χ4v) is 2.02. The Kier molecular flexibility index (Phi) is 6.20. The van der Waals surface area contributed by atoms with Crippen molar-refractivity contribution in [2.24, 2.45) is 11.8 Å². The molecule has 0 aromatic rings. The third kappa shape index (κ3) is 4.97. The van der Waals surface area contributed by atoms with Crippen LogP contribution in [0.5, 0.6) is 0 Å². The molecule has 1 N–H and O–H groups in total. The lowest BCUT2D eigenvalue weighted by Gasteiger charge is -2.25. The van der Waals surface area contributed by atoms with E-state index in [0.717, 1.165) is 25.0 Å². The van der Waals surface area contributed by atoms with Crippen molar-refractivity contribution in [3.05, 3.63) is 0 Å². The fourth-order valence-electron chi connectivity index (χ4n) is 2.02. The molecular formula is C12H25NO. The van der Waals surface area contributed by atoms with Gasteiger partial charge in [0.1, 0.15) is 0 Å². The van der Waals surface area contributed by atoms with Gasteiger partial charge in [0.2, 0.25) is 0 Å². The molecule has 0 atom stereocenters. The minimum atomic E-state index is 0.895. The number of hydrogen-bond acceptors (Lipinski definition) is 2. The molecule has 0 amide bonds. The molecular weight excluding hydrogens is 174 g/mol. The Labute approximate surface area is 88.4 Å². The molecule has 2 heteroatoms. The quantitative estimate of drug-likeness (QED) is 0.700. The van der Waals surface area contributed by atoms with E-state index in [0.29, 0.717) is 0 Å². The maximum atomic E-state index is 4.94. The minimum absolute atomic E-state index is 0.895. The number of piperidine rings is 1. The SMILES string of the molecule is C1CCOC1.CC(C)C1CCNCC1. The molecule has 2 heterocycles. The van der Waals surface area contributed by atoms with Crippen LogP contribution in [0.25, 0.3) is 0 Å². The average molecular weight is 199 g/mol. The van der Waals surface area contributed by atoms with Crippen molar-refractivity contribution in [3.8, 4) is 0 Å². The van der Waals surface area contributed by atoms with Gasteiger partial charge in [0.25, 0.3) is 0 Å². The van der Waals surface area contributed by atoms with Gasteiger partial charge in [-0.2, -0.15) is 0 Å². The van der Waals surface area contributed by atoms with E-state index >= 15 is 0 Å². The summed E-state index contributed by atoms with van der Waals surface area (Å²) in [7, 11) is 0. The van der Waals surface area contributed by atoms with Gasteiger partial charge in [-0.1, -0.05) is 13.8 Å². The molecule has 0 aromatic carbocycles. The first kappa shape index (κ1) is 12.0. The highest BCUT2D eigenvalue weighted by Gasteiger charge is 2.15. The van der Waals surface area contributed by atoms with E-state index in [-0.39, 0.29) is 0 Å². The molecule has 84 valence electrons. The lowest BCUT2D eigenvalue weighted by Crippen LogP contribution is -2.29. The van der Waals surface area contributed by atoms with Crippen LogP contribution in [0.2, 0.25) is 0 Å². The van der Waals surface area contributed by atoms with Gasteiger partial charge in [-0.25, -0.2) is 0 Å². The summed E-state index contributed by atoms with van der Waals surface area (Å²) in [6, 6.07) is 0. The van der Waals surface area contributed by atoms with Crippen LogP contribution in [0, 0.1) is 11.8 Å². The zero-order valence-electron chi connectivity index (χ0n) is 9.72. The summed E-state index contributed by atoms with van der Waals surface area (Å²) in [6.45, 7) is 9.14. The Hall–Kier alpha value is -0.0800. The van der Waals surface area contributed by atoms with Crippen LogP contribution in [0.3, 0.4) is 0 Å². The van der Waals surface area contributed by atoms with E-state index in [1.54, 1.807) is 0 Å². The summed E-state index contributed by atoms with van der Waals surface area (Å²) in [4.78, 5) is 0. The van der Waals surface area contributed by atoms with Crippen LogP contribution >= 0.6 is 0 Å². The van der Waals surface area contributed by atoms with E-state index in [4.69, 9.17) is 4.74 Å². The van der Waals surface area contributed by atoms with Gasteiger partial charge in [-0.15, -0.1) is 0 Å². The molecule has 0 saturated carbocycles. The predicted molar refractivity (Wildman–Crippen MR) is 60.5 cm³/mol. The molecule has 0 aromatic heterocycles. The molecule has 0 aliphatic carbocycles. The topological polar surface area (TPSA) is 21.3 Å². The standard InChI is InChI=1S/C8H17N.C4H8O/c1-7(2)8-3-5-9-6-4-8;1-2-4-5-3-1/h7-9H,3-6H2,1-2H3;1-4H2. The fraction of sp³-hybridized carbons (Fsp3) is 1.00. The van der Waals surface area contributed by atoms with Crippen molar-refractivity contribution < 1.29 is 4.74 Å². The average Bonchev–Trinajstić information content (AvgIpc) is 2.77. The van der Waals surface area contributed by atoms with Gasteiger partial charge in [-0.3, -0.25) is 0 Å². The largest absolute Gasteiger partial charge is 0.381 e. The molecule has 2 rings (SSSR count). The number of nitrogens with one attached hydrogen (secondary N) is 1. The van der Waals surface area contributed by atoms with Gasteiger partial charge in [-0.05, 0) is 50.6 Å². The molecule has 2 nitrogen and oxygen atoms in total. The minimum Gasteiger partial charge on any atom is -0.381 e. The molecule has 2 aliphatic rings. The van der Waals surface area contributed by atoms with E-state index < -0.39 is 0 Å². The summed E-state index contributed by atoms with van der Waals surface area (Å²) in [5.41, 5.74) is 0.